The number of aryl methyl sites for hydroxylation is 1. The van der Waals surface area contributed by atoms with E-state index in [1.807, 2.05) is 13.1 Å². The molecule has 0 saturated heterocycles. The summed E-state index contributed by atoms with van der Waals surface area (Å²) in [4.78, 5) is 0.583. The first-order chi connectivity index (χ1) is 10.6. The van der Waals surface area contributed by atoms with E-state index in [1.54, 1.807) is 42.5 Å². The van der Waals surface area contributed by atoms with Crippen LogP contribution in [0.4, 0.5) is 0 Å². The SMILES string of the molecule is CNCC1CCc2ccc(S(=O)(=O)c3ccccc3)cc2O1. The maximum atomic E-state index is 12.7. The van der Waals surface area contributed by atoms with E-state index in [0.29, 0.717) is 10.6 Å². The Balaban J connectivity index is 1.95. The Hall–Kier alpha value is -1.85. The molecule has 1 atom stereocenters. The lowest BCUT2D eigenvalue weighted by Gasteiger charge is -2.26. The lowest BCUT2D eigenvalue weighted by atomic mass is 10.0. The van der Waals surface area contributed by atoms with Gasteiger partial charge in [0.15, 0.2) is 0 Å². The van der Waals surface area contributed by atoms with Crippen molar-refractivity contribution in [3.63, 3.8) is 0 Å². The molecule has 0 aliphatic carbocycles. The van der Waals surface area contributed by atoms with Gasteiger partial charge in [-0.15, -0.1) is 0 Å². The van der Waals surface area contributed by atoms with E-state index >= 15 is 0 Å². The van der Waals surface area contributed by atoms with Crippen molar-refractivity contribution in [2.45, 2.75) is 28.7 Å². The minimum Gasteiger partial charge on any atom is -0.489 e. The maximum Gasteiger partial charge on any atom is 0.206 e. The van der Waals surface area contributed by atoms with Crippen LogP contribution in [0.3, 0.4) is 0 Å². The molecule has 22 heavy (non-hydrogen) atoms. The van der Waals surface area contributed by atoms with Gasteiger partial charge in [0.1, 0.15) is 11.9 Å². The predicted octanol–water partition coefficient (Wildman–Crippen LogP) is 2.43. The summed E-state index contributed by atoms with van der Waals surface area (Å²) in [5, 5.41) is 3.10. The van der Waals surface area contributed by atoms with Crippen LogP contribution in [0, 0.1) is 0 Å². The number of benzene rings is 2. The fourth-order valence-electron chi connectivity index (χ4n) is 2.68. The molecule has 1 N–H and O–H groups in total. The molecule has 0 fully saturated rings. The fraction of sp³-hybridized carbons (Fsp3) is 0.294. The number of hydrogen-bond donors (Lipinski definition) is 1. The lowest BCUT2D eigenvalue weighted by Crippen LogP contribution is -2.32. The van der Waals surface area contributed by atoms with Crippen molar-refractivity contribution in [2.24, 2.45) is 0 Å². The Morgan fingerprint density at radius 1 is 1.14 bits per heavy atom. The van der Waals surface area contributed by atoms with E-state index in [0.717, 1.165) is 24.9 Å². The first-order valence-corrected chi connectivity index (χ1v) is 8.84. The Morgan fingerprint density at radius 2 is 1.91 bits per heavy atom. The third-order valence-electron chi connectivity index (χ3n) is 3.86. The van der Waals surface area contributed by atoms with Crippen LogP contribution in [0.1, 0.15) is 12.0 Å². The number of ether oxygens (including phenoxy) is 1. The van der Waals surface area contributed by atoms with Crippen LogP contribution in [0.2, 0.25) is 0 Å². The van der Waals surface area contributed by atoms with Crippen LogP contribution in [0.15, 0.2) is 58.3 Å². The van der Waals surface area contributed by atoms with Crippen LogP contribution < -0.4 is 10.1 Å². The van der Waals surface area contributed by atoms with Crippen LogP contribution >= 0.6 is 0 Å². The number of rotatable bonds is 4. The summed E-state index contributed by atoms with van der Waals surface area (Å²) in [6, 6.07) is 13.7. The summed E-state index contributed by atoms with van der Waals surface area (Å²) < 4.78 is 31.2. The van der Waals surface area contributed by atoms with Gasteiger partial charge < -0.3 is 10.1 Å². The van der Waals surface area contributed by atoms with E-state index in [-0.39, 0.29) is 11.0 Å². The predicted molar refractivity (Wildman–Crippen MR) is 85.0 cm³/mol. The molecule has 1 aliphatic rings. The molecule has 1 unspecified atom stereocenters. The van der Waals surface area contributed by atoms with Crippen molar-refractivity contribution in [3.8, 4) is 5.75 Å². The summed E-state index contributed by atoms with van der Waals surface area (Å²) in [6.07, 6.45) is 1.94. The number of nitrogens with one attached hydrogen (secondary N) is 1. The van der Waals surface area contributed by atoms with Crippen LogP contribution in [0.25, 0.3) is 0 Å². The van der Waals surface area contributed by atoms with Crippen LogP contribution in [-0.4, -0.2) is 28.1 Å². The van der Waals surface area contributed by atoms with E-state index in [4.69, 9.17) is 4.74 Å². The number of hydrogen-bond acceptors (Lipinski definition) is 4. The van der Waals surface area contributed by atoms with Gasteiger partial charge in [-0.2, -0.15) is 0 Å². The Bertz CT molecular complexity index is 757. The molecule has 0 bridgehead atoms. The van der Waals surface area contributed by atoms with Crippen molar-refractivity contribution in [1.29, 1.82) is 0 Å². The first-order valence-electron chi connectivity index (χ1n) is 7.35. The minimum atomic E-state index is -3.50. The third kappa shape index (κ3) is 2.87. The normalized spacial score (nSPS) is 17.6. The van der Waals surface area contributed by atoms with Gasteiger partial charge in [-0.3, -0.25) is 0 Å². The number of likely N-dealkylation sites (N-methyl/N-ethyl adjacent to an activating group) is 1. The summed E-state index contributed by atoms with van der Waals surface area (Å²) >= 11 is 0. The molecule has 1 heterocycles. The molecule has 116 valence electrons. The van der Waals surface area contributed by atoms with Crippen LogP contribution in [0.5, 0.6) is 5.75 Å². The monoisotopic (exact) mass is 317 g/mol. The highest BCUT2D eigenvalue weighted by atomic mass is 32.2. The second kappa shape index (κ2) is 6.10. The molecular formula is C17H19NO3S. The van der Waals surface area contributed by atoms with E-state index in [1.165, 1.54) is 0 Å². The topological polar surface area (TPSA) is 55.4 Å². The van der Waals surface area contributed by atoms with Crippen molar-refractivity contribution in [1.82, 2.24) is 5.32 Å². The van der Waals surface area contributed by atoms with Gasteiger partial charge >= 0.3 is 0 Å². The van der Waals surface area contributed by atoms with E-state index in [2.05, 4.69) is 5.32 Å². The summed E-state index contributed by atoms with van der Waals surface area (Å²) in [5.74, 6) is 0.684. The number of fused-ring (bicyclic) bond motifs is 1. The molecule has 0 saturated carbocycles. The lowest BCUT2D eigenvalue weighted by molar-refractivity contribution is 0.173. The highest BCUT2D eigenvalue weighted by Crippen LogP contribution is 2.32. The summed E-state index contributed by atoms with van der Waals surface area (Å²) in [5.41, 5.74) is 1.07. The zero-order valence-corrected chi connectivity index (χ0v) is 13.3. The Kier molecular flexibility index (Phi) is 4.18. The average molecular weight is 317 g/mol. The summed E-state index contributed by atoms with van der Waals surface area (Å²) in [6.45, 7) is 0.759. The Morgan fingerprint density at radius 3 is 2.64 bits per heavy atom. The van der Waals surface area contributed by atoms with Gasteiger partial charge in [-0.1, -0.05) is 24.3 Å². The van der Waals surface area contributed by atoms with Gasteiger partial charge in [0.2, 0.25) is 9.84 Å². The van der Waals surface area contributed by atoms with E-state index in [9.17, 15) is 8.42 Å². The molecule has 2 aromatic rings. The van der Waals surface area contributed by atoms with Gasteiger partial charge in [0.25, 0.3) is 0 Å². The van der Waals surface area contributed by atoms with Gasteiger partial charge in [-0.25, -0.2) is 8.42 Å². The quantitative estimate of drug-likeness (QED) is 0.941. The third-order valence-corrected chi connectivity index (χ3v) is 5.63. The average Bonchev–Trinajstić information content (AvgIpc) is 2.55. The molecule has 3 rings (SSSR count). The van der Waals surface area contributed by atoms with E-state index < -0.39 is 9.84 Å². The molecule has 4 nitrogen and oxygen atoms in total. The second-order valence-corrected chi connectivity index (χ2v) is 7.37. The smallest absolute Gasteiger partial charge is 0.206 e. The number of sulfone groups is 1. The van der Waals surface area contributed by atoms with Gasteiger partial charge in [0, 0.05) is 6.54 Å². The minimum absolute atomic E-state index is 0.0900. The van der Waals surface area contributed by atoms with Crippen molar-refractivity contribution in [2.75, 3.05) is 13.6 Å². The molecule has 1 aliphatic heterocycles. The maximum absolute atomic E-state index is 12.7. The fourth-order valence-corrected chi connectivity index (χ4v) is 3.98. The van der Waals surface area contributed by atoms with Gasteiger partial charge in [0.05, 0.1) is 9.79 Å². The highest BCUT2D eigenvalue weighted by molar-refractivity contribution is 7.91. The molecule has 0 amide bonds. The molecule has 0 radical (unpaired) electrons. The van der Waals surface area contributed by atoms with Crippen LogP contribution in [-0.2, 0) is 16.3 Å². The van der Waals surface area contributed by atoms with Crippen molar-refractivity contribution >= 4 is 9.84 Å². The second-order valence-electron chi connectivity index (χ2n) is 5.42. The zero-order chi connectivity index (χ0) is 15.6. The highest BCUT2D eigenvalue weighted by Gasteiger charge is 2.23. The molecule has 0 spiro atoms. The van der Waals surface area contributed by atoms with Crippen molar-refractivity contribution in [3.05, 3.63) is 54.1 Å². The largest absolute Gasteiger partial charge is 0.489 e. The first kappa shape index (κ1) is 15.1. The standard InChI is InChI=1S/C17H19NO3S/c1-18-12-14-9-7-13-8-10-16(11-17(13)21-14)22(19,20)15-5-3-2-4-6-15/h2-6,8,10-11,14,18H,7,9,12H2,1H3. The van der Waals surface area contributed by atoms with Gasteiger partial charge in [-0.05, 0) is 49.7 Å². The Labute approximate surface area is 131 Å². The molecule has 2 aromatic carbocycles. The molecular weight excluding hydrogens is 298 g/mol. The molecule has 0 aromatic heterocycles. The zero-order valence-electron chi connectivity index (χ0n) is 12.5. The summed E-state index contributed by atoms with van der Waals surface area (Å²) in [7, 11) is -1.61. The molecule has 5 heteroatoms. The van der Waals surface area contributed by atoms with Crippen molar-refractivity contribution < 1.29 is 13.2 Å².